The van der Waals surface area contributed by atoms with Crippen molar-refractivity contribution in [1.82, 2.24) is 14.7 Å². The Morgan fingerprint density at radius 1 is 1.24 bits per heavy atom. The minimum Gasteiger partial charge on any atom is -0.330 e. The third-order valence-electron chi connectivity index (χ3n) is 4.55. The Hall–Kier alpha value is -1.65. The van der Waals surface area contributed by atoms with Crippen LogP contribution in [0, 0.1) is 11.8 Å². The fraction of sp³-hybridized carbons (Fsp3) is 0.471. The summed E-state index contributed by atoms with van der Waals surface area (Å²) in [4.78, 5) is 2.48. The Balaban J connectivity index is 1.65. The van der Waals surface area contributed by atoms with Crippen LogP contribution >= 0.6 is 0 Å². The molecule has 21 heavy (non-hydrogen) atoms. The van der Waals surface area contributed by atoms with Gasteiger partial charge in [-0.3, -0.25) is 4.90 Å². The van der Waals surface area contributed by atoms with Crippen LogP contribution in [0.4, 0.5) is 0 Å². The van der Waals surface area contributed by atoms with Gasteiger partial charge in [-0.25, -0.2) is 4.68 Å². The molecule has 0 saturated carbocycles. The van der Waals surface area contributed by atoms with Crippen molar-refractivity contribution in [2.45, 2.75) is 19.9 Å². The van der Waals surface area contributed by atoms with Crippen LogP contribution in [0.3, 0.4) is 0 Å². The van der Waals surface area contributed by atoms with Crippen LogP contribution in [-0.4, -0.2) is 34.3 Å². The molecule has 1 fully saturated rings. The largest absolute Gasteiger partial charge is 0.330 e. The van der Waals surface area contributed by atoms with E-state index in [1.54, 1.807) is 0 Å². The summed E-state index contributed by atoms with van der Waals surface area (Å²) in [5.41, 5.74) is 8.12. The number of hydrogen-bond acceptors (Lipinski definition) is 3. The van der Waals surface area contributed by atoms with Crippen LogP contribution in [0.25, 0.3) is 5.69 Å². The smallest absolute Gasteiger partial charge is 0.0769 e. The zero-order chi connectivity index (χ0) is 14.7. The predicted molar refractivity (Wildman–Crippen MR) is 85.2 cm³/mol. The van der Waals surface area contributed by atoms with Gasteiger partial charge in [0.2, 0.25) is 0 Å². The maximum absolute atomic E-state index is 5.88. The van der Waals surface area contributed by atoms with Crippen molar-refractivity contribution in [3.8, 4) is 5.69 Å². The monoisotopic (exact) mass is 284 g/mol. The summed E-state index contributed by atoms with van der Waals surface area (Å²) < 4.78 is 1.95. The van der Waals surface area contributed by atoms with Crippen LogP contribution in [-0.2, 0) is 6.54 Å². The first kappa shape index (κ1) is 14.3. The van der Waals surface area contributed by atoms with Crippen molar-refractivity contribution in [3.63, 3.8) is 0 Å². The van der Waals surface area contributed by atoms with Crippen molar-refractivity contribution in [2.24, 2.45) is 17.6 Å². The van der Waals surface area contributed by atoms with Crippen molar-refractivity contribution in [3.05, 3.63) is 48.3 Å². The minimum atomic E-state index is 0.620. The molecule has 1 saturated heterocycles. The molecule has 2 aromatic rings. The van der Waals surface area contributed by atoms with Gasteiger partial charge in [-0.15, -0.1) is 0 Å². The van der Waals surface area contributed by atoms with Gasteiger partial charge in [0.05, 0.1) is 11.4 Å². The lowest BCUT2D eigenvalue weighted by molar-refractivity contribution is 0.125. The highest BCUT2D eigenvalue weighted by Gasteiger charge is 2.25. The average molecular weight is 284 g/mol. The zero-order valence-corrected chi connectivity index (χ0v) is 12.7. The van der Waals surface area contributed by atoms with Crippen LogP contribution in [0.1, 0.15) is 19.0 Å². The number of likely N-dealkylation sites (tertiary alicyclic amines) is 1. The van der Waals surface area contributed by atoms with Gasteiger partial charge in [0, 0.05) is 19.3 Å². The molecule has 0 bridgehead atoms. The number of rotatable bonds is 4. The third-order valence-corrected chi connectivity index (χ3v) is 4.55. The van der Waals surface area contributed by atoms with Crippen LogP contribution in [0.2, 0.25) is 0 Å². The fourth-order valence-electron chi connectivity index (χ4n) is 3.07. The third kappa shape index (κ3) is 3.34. The molecule has 4 heteroatoms. The van der Waals surface area contributed by atoms with E-state index in [4.69, 9.17) is 5.73 Å². The van der Waals surface area contributed by atoms with Gasteiger partial charge in [-0.05, 0) is 49.5 Å². The molecule has 4 nitrogen and oxygen atoms in total. The molecule has 2 N–H and O–H groups in total. The van der Waals surface area contributed by atoms with Crippen molar-refractivity contribution < 1.29 is 0 Å². The second kappa shape index (κ2) is 6.41. The second-order valence-corrected chi connectivity index (χ2v) is 6.08. The van der Waals surface area contributed by atoms with Crippen molar-refractivity contribution in [2.75, 3.05) is 19.6 Å². The Morgan fingerprint density at radius 3 is 2.81 bits per heavy atom. The highest BCUT2D eigenvalue weighted by atomic mass is 15.3. The van der Waals surface area contributed by atoms with E-state index < -0.39 is 0 Å². The lowest BCUT2D eigenvalue weighted by Gasteiger charge is -2.36. The van der Waals surface area contributed by atoms with E-state index in [9.17, 15) is 0 Å². The molecule has 1 aliphatic rings. The molecule has 2 heterocycles. The van der Waals surface area contributed by atoms with Gasteiger partial charge < -0.3 is 5.73 Å². The van der Waals surface area contributed by atoms with E-state index in [2.05, 4.69) is 35.1 Å². The summed E-state index contributed by atoms with van der Waals surface area (Å²) in [7, 11) is 0. The standard InChI is InChI=1S/C17H24N4/c1-14-7-9-20(12-15(14)11-18)13-16-8-10-21(19-16)17-5-3-2-4-6-17/h2-6,8,10,14-15H,7,9,11-13,18H2,1H3. The molecule has 0 amide bonds. The topological polar surface area (TPSA) is 47.1 Å². The molecule has 1 aromatic heterocycles. The predicted octanol–water partition coefficient (Wildman–Crippen LogP) is 2.29. The van der Waals surface area contributed by atoms with Crippen molar-refractivity contribution in [1.29, 1.82) is 0 Å². The summed E-state index contributed by atoms with van der Waals surface area (Å²) in [6.45, 7) is 6.27. The Bertz CT molecular complexity index is 563. The first-order chi connectivity index (χ1) is 10.3. The summed E-state index contributed by atoms with van der Waals surface area (Å²) in [5.74, 6) is 1.36. The quantitative estimate of drug-likeness (QED) is 0.937. The molecule has 3 rings (SSSR count). The van der Waals surface area contributed by atoms with E-state index in [0.29, 0.717) is 5.92 Å². The average Bonchev–Trinajstić information content (AvgIpc) is 2.98. The molecule has 112 valence electrons. The molecule has 0 radical (unpaired) electrons. The zero-order valence-electron chi connectivity index (χ0n) is 12.7. The van der Waals surface area contributed by atoms with E-state index in [1.807, 2.05) is 29.1 Å². The number of para-hydroxylation sites is 1. The molecular weight excluding hydrogens is 260 g/mol. The van der Waals surface area contributed by atoms with Gasteiger partial charge in [0.25, 0.3) is 0 Å². The van der Waals surface area contributed by atoms with Crippen molar-refractivity contribution >= 4 is 0 Å². The van der Waals surface area contributed by atoms with Crippen LogP contribution in [0.15, 0.2) is 42.6 Å². The number of benzene rings is 1. The highest BCUT2D eigenvalue weighted by Crippen LogP contribution is 2.23. The molecule has 1 aliphatic heterocycles. The maximum atomic E-state index is 5.88. The normalized spacial score (nSPS) is 23.3. The molecule has 2 atom stereocenters. The Labute approximate surface area is 126 Å². The number of piperidine rings is 1. The fourth-order valence-corrected chi connectivity index (χ4v) is 3.07. The molecular formula is C17H24N4. The maximum Gasteiger partial charge on any atom is 0.0769 e. The summed E-state index contributed by atoms with van der Waals surface area (Å²) >= 11 is 0. The van der Waals surface area contributed by atoms with E-state index >= 15 is 0 Å². The van der Waals surface area contributed by atoms with Gasteiger partial charge >= 0.3 is 0 Å². The SMILES string of the molecule is CC1CCN(Cc2ccn(-c3ccccc3)n2)CC1CN. The van der Waals surface area contributed by atoms with E-state index in [1.165, 1.54) is 6.42 Å². The first-order valence-corrected chi connectivity index (χ1v) is 7.78. The second-order valence-electron chi connectivity index (χ2n) is 6.08. The summed E-state index contributed by atoms with van der Waals surface area (Å²) in [5, 5.41) is 4.69. The Kier molecular flexibility index (Phi) is 4.36. The minimum absolute atomic E-state index is 0.620. The van der Waals surface area contributed by atoms with Crippen LogP contribution < -0.4 is 5.73 Å². The van der Waals surface area contributed by atoms with Gasteiger partial charge in [0.15, 0.2) is 0 Å². The summed E-state index contributed by atoms with van der Waals surface area (Å²) in [6, 6.07) is 12.4. The molecule has 2 unspecified atom stereocenters. The number of aromatic nitrogens is 2. The molecule has 0 spiro atoms. The van der Waals surface area contributed by atoms with Gasteiger partial charge in [-0.2, -0.15) is 5.10 Å². The lowest BCUT2D eigenvalue weighted by atomic mass is 9.87. The molecule has 0 aliphatic carbocycles. The van der Waals surface area contributed by atoms with Gasteiger partial charge in [-0.1, -0.05) is 25.1 Å². The van der Waals surface area contributed by atoms with Crippen LogP contribution in [0.5, 0.6) is 0 Å². The van der Waals surface area contributed by atoms with E-state index in [0.717, 1.165) is 43.5 Å². The number of nitrogens with two attached hydrogens (primary N) is 1. The number of nitrogens with zero attached hydrogens (tertiary/aromatic N) is 3. The Morgan fingerprint density at radius 2 is 2.05 bits per heavy atom. The van der Waals surface area contributed by atoms with E-state index in [-0.39, 0.29) is 0 Å². The lowest BCUT2D eigenvalue weighted by Crippen LogP contribution is -2.42. The molecule has 1 aromatic carbocycles. The summed E-state index contributed by atoms with van der Waals surface area (Å²) in [6.07, 6.45) is 3.28. The highest BCUT2D eigenvalue weighted by molar-refractivity contribution is 5.30. The first-order valence-electron chi connectivity index (χ1n) is 7.78. The van der Waals surface area contributed by atoms with Gasteiger partial charge in [0.1, 0.15) is 0 Å². The number of hydrogen-bond donors (Lipinski definition) is 1.